The van der Waals surface area contributed by atoms with E-state index in [0.717, 1.165) is 43.3 Å². The third-order valence-corrected chi connectivity index (χ3v) is 7.05. The average molecular weight is 465 g/mol. The van der Waals surface area contributed by atoms with Crippen molar-refractivity contribution < 1.29 is 19.0 Å². The molecule has 1 fully saturated rings. The van der Waals surface area contributed by atoms with Gasteiger partial charge < -0.3 is 14.7 Å². The molecule has 0 bridgehead atoms. The van der Waals surface area contributed by atoms with E-state index in [0.29, 0.717) is 30.7 Å². The second-order valence-corrected chi connectivity index (χ2v) is 9.21. The normalized spacial score (nSPS) is 19.7. The number of likely N-dealkylation sites (tertiary alicyclic amines) is 1. The van der Waals surface area contributed by atoms with Gasteiger partial charge in [0.2, 0.25) is 0 Å². The Bertz CT molecular complexity index is 1090. The first-order chi connectivity index (χ1) is 16.5. The minimum absolute atomic E-state index is 0.0104. The topological polar surface area (TPSA) is 62.7 Å². The number of piperidine rings is 1. The van der Waals surface area contributed by atoms with Gasteiger partial charge in [-0.05, 0) is 86.5 Å². The smallest absolute Gasteiger partial charge is 0.308 e. The molecule has 180 valence electrons. The van der Waals surface area contributed by atoms with Crippen molar-refractivity contribution in [2.75, 3.05) is 26.7 Å². The Hall–Kier alpha value is -2.99. The summed E-state index contributed by atoms with van der Waals surface area (Å²) in [5.41, 5.74) is 2.63. The fourth-order valence-electron chi connectivity index (χ4n) is 5.11. The van der Waals surface area contributed by atoms with Crippen LogP contribution in [0.15, 0.2) is 60.8 Å². The van der Waals surface area contributed by atoms with Crippen LogP contribution in [0.5, 0.6) is 5.75 Å². The number of aromatic nitrogens is 1. The van der Waals surface area contributed by atoms with Crippen molar-refractivity contribution in [1.82, 2.24) is 9.88 Å². The van der Waals surface area contributed by atoms with Crippen molar-refractivity contribution in [2.45, 2.75) is 38.3 Å². The molecule has 1 aliphatic heterocycles. The molecule has 0 amide bonds. The van der Waals surface area contributed by atoms with Crippen LogP contribution in [-0.2, 0) is 11.2 Å². The van der Waals surface area contributed by atoms with Gasteiger partial charge >= 0.3 is 5.97 Å². The molecule has 3 aromatic rings. The maximum absolute atomic E-state index is 15.4. The first kappa shape index (κ1) is 24.1. The summed E-state index contributed by atoms with van der Waals surface area (Å²) in [7, 11) is 1.59. The van der Waals surface area contributed by atoms with Crippen molar-refractivity contribution in [2.24, 2.45) is 11.8 Å². The number of hydrogen-bond donors (Lipinski definition) is 1. The molecular weight excluding hydrogens is 431 g/mol. The van der Waals surface area contributed by atoms with E-state index in [1.165, 1.54) is 5.56 Å². The number of benzene rings is 2. The van der Waals surface area contributed by atoms with E-state index < -0.39 is 18.1 Å². The van der Waals surface area contributed by atoms with Crippen LogP contribution in [0.2, 0.25) is 0 Å². The van der Waals surface area contributed by atoms with Crippen LogP contribution < -0.4 is 4.74 Å². The molecule has 0 saturated carbocycles. The number of halogens is 1. The van der Waals surface area contributed by atoms with Crippen LogP contribution in [0.25, 0.3) is 10.9 Å². The van der Waals surface area contributed by atoms with Gasteiger partial charge in [-0.3, -0.25) is 9.78 Å². The van der Waals surface area contributed by atoms with Crippen molar-refractivity contribution in [3.8, 4) is 5.75 Å². The summed E-state index contributed by atoms with van der Waals surface area (Å²) < 4.78 is 20.7. The van der Waals surface area contributed by atoms with Gasteiger partial charge in [0, 0.05) is 18.1 Å². The summed E-state index contributed by atoms with van der Waals surface area (Å²) in [6.07, 6.45) is 4.11. The Balaban J connectivity index is 1.34. The molecule has 4 rings (SSSR count). The molecule has 5 nitrogen and oxygen atoms in total. The Morgan fingerprint density at radius 2 is 2.06 bits per heavy atom. The molecule has 2 aromatic carbocycles. The Morgan fingerprint density at radius 3 is 2.82 bits per heavy atom. The molecule has 1 aliphatic rings. The number of carboxylic acids is 1. The lowest BCUT2D eigenvalue weighted by atomic mass is 9.81. The van der Waals surface area contributed by atoms with Crippen LogP contribution in [0.1, 0.15) is 43.0 Å². The van der Waals surface area contributed by atoms with Crippen LogP contribution in [0.3, 0.4) is 0 Å². The lowest BCUT2D eigenvalue weighted by Crippen LogP contribution is -2.44. The van der Waals surface area contributed by atoms with E-state index in [4.69, 9.17) is 4.74 Å². The molecule has 0 radical (unpaired) electrons. The highest BCUT2D eigenvalue weighted by atomic mass is 19.1. The maximum atomic E-state index is 15.4. The fraction of sp³-hybridized carbons (Fsp3) is 0.429. The van der Waals surface area contributed by atoms with Gasteiger partial charge in [0.1, 0.15) is 11.9 Å². The third-order valence-electron chi connectivity index (χ3n) is 7.05. The Labute approximate surface area is 200 Å². The molecular formula is C28H33FN2O3. The molecule has 1 N–H and O–H groups in total. The van der Waals surface area contributed by atoms with Gasteiger partial charge in [0.15, 0.2) is 0 Å². The highest BCUT2D eigenvalue weighted by Crippen LogP contribution is 2.35. The molecule has 6 heteroatoms. The predicted molar refractivity (Wildman–Crippen MR) is 132 cm³/mol. The zero-order chi connectivity index (χ0) is 23.9. The van der Waals surface area contributed by atoms with E-state index in [-0.39, 0.29) is 5.92 Å². The van der Waals surface area contributed by atoms with E-state index in [1.54, 1.807) is 19.4 Å². The first-order valence-corrected chi connectivity index (χ1v) is 12.1. The minimum atomic E-state index is -1.17. The zero-order valence-corrected chi connectivity index (χ0v) is 19.7. The lowest BCUT2D eigenvalue weighted by Gasteiger charge is -2.37. The molecule has 1 aromatic heterocycles. The van der Waals surface area contributed by atoms with E-state index in [9.17, 15) is 9.90 Å². The van der Waals surface area contributed by atoms with Gasteiger partial charge in [0.05, 0.1) is 18.5 Å². The minimum Gasteiger partial charge on any atom is -0.497 e. The summed E-state index contributed by atoms with van der Waals surface area (Å²) in [6, 6.07) is 17.5. The van der Waals surface area contributed by atoms with Gasteiger partial charge in [0.25, 0.3) is 0 Å². The molecule has 1 unspecified atom stereocenters. The standard InChI is InChI=1S/C28H33FN2O3/c1-34-22-10-12-27-24(18-22)23(13-15-30-27)26(29)11-9-21-14-17-31(19-25(21)28(32)33)16-5-8-20-6-3-2-4-7-20/h2-4,6-7,10,12-13,15,18,21,25-26H,5,8-9,11,14,16-17,19H2,1H3,(H,32,33)/t21-,25+,26?/m1/s1. The van der Waals surface area contributed by atoms with Crippen molar-refractivity contribution in [3.05, 3.63) is 71.9 Å². The van der Waals surface area contributed by atoms with E-state index >= 15 is 4.39 Å². The maximum Gasteiger partial charge on any atom is 0.308 e. The Kier molecular flexibility index (Phi) is 8.12. The zero-order valence-electron chi connectivity index (χ0n) is 19.7. The van der Waals surface area contributed by atoms with Crippen molar-refractivity contribution >= 4 is 16.9 Å². The summed E-state index contributed by atoms with van der Waals surface area (Å²) in [5, 5.41) is 10.6. The number of carboxylic acid groups (broad SMARTS) is 1. The second-order valence-electron chi connectivity index (χ2n) is 9.21. The molecule has 0 aliphatic carbocycles. The SMILES string of the molecule is COc1ccc2nccc(C(F)CC[C@@H]3CCN(CCCc4ccccc4)C[C@@H]3C(=O)O)c2c1. The number of alkyl halides is 1. The van der Waals surface area contributed by atoms with Crippen LogP contribution in [0, 0.1) is 11.8 Å². The average Bonchev–Trinajstić information content (AvgIpc) is 2.87. The quantitative estimate of drug-likeness (QED) is 0.418. The van der Waals surface area contributed by atoms with Crippen molar-refractivity contribution in [1.29, 1.82) is 0 Å². The van der Waals surface area contributed by atoms with E-state index in [2.05, 4.69) is 22.0 Å². The Morgan fingerprint density at radius 1 is 1.24 bits per heavy atom. The number of aliphatic carboxylic acids is 1. The van der Waals surface area contributed by atoms with Crippen LogP contribution in [-0.4, -0.2) is 47.7 Å². The number of methoxy groups -OCH3 is 1. The summed E-state index contributed by atoms with van der Waals surface area (Å²) in [6.45, 7) is 2.30. The highest BCUT2D eigenvalue weighted by molar-refractivity contribution is 5.83. The largest absolute Gasteiger partial charge is 0.497 e. The summed E-state index contributed by atoms with van der Waals surface area (Å²) in [5.74, 6) is -0.567. The van der Waals surface area contributed by atoms with Gasteiger partial charge in [-0.15, -0.1) is 0 Å². The highest BCUT2D eigenvalue weighted by Gasteiger charge is 2.34. The first-order valence-electron chi connectivity index (χ1n) is 12.1. The van der Waals surface area contributed by atoms with Gasteiger partial charge in [-0.25, -0.2) is 4.39 Å². The third kappa shape index (κ3) is 5.92. The monoisotopic (exact) mass is 464 g/mol. The number of rotatable bonds is 10. The molecule has 1 saturated heterocycles. The number of hydrogen-bond acceptors (Lipinski definition) is 4. The molecule has 3 atom stereocenters. The van der Waals surface area contributed by atoms with Crippen LogP contribution >= 0.6 is 0 Å². The number of aryl methyl sites for hydroxylation is 1. The number of fused-ring (bicyclic) bond motifs is 1. The van der Waals surface area contributed by atoms with Crippen LogP contribution in [0.4, 0.5) is 4.39 Å². The molecule has 34 heavy (non-hydrogen) atoms. The lowest BCUT2D eigenvalue weighted by molar-refractivity contribution is -0.146. The molecule has 2 heterocycles. The predicted octanol–water partition coefficient (Wildman–Crippen LogP) is 5.69. The number of nitrogens with zero attached hydrogens (tertiary/aromatic N) is 2. The summed E-state index contributed by atoms with van der Waals surface area (Å²) in [4.78, 5) is 18.6. The summed E-state index contributed by atoms with van der Waals surface area (Å²) >= 11 is 0. The number of ether oxygens (including phenoxy) is 1. The number of carbonyl (C=O) groups is 1. The van der Waals surface area contributed by atoms with Crippen molar-refractivity contribution in [3.63, 3.8) is 0 Å². The molecule has 0 spiro atoms. The van der Waals surface area contributed by atoms with E-state index in [1.807, 2.05) is 36.4 Å². The van der Waals surface area contributed by atoms with Gasteiger partial charge in [-0.2, -0.15) is 0 Å². The second kappa shape index (κ2) is 11.4. The van der Waals surface area contributed by atoms with Gasteiger partial charge in [-0.1, -0.05) is 30.3 Å². The fourth-order valence-corrected chi connectivity index (χ4v) is 5.11. The number of pyridine rings is 1.